The zero-order valence-electron chi connectivity index (χ0n) is 29.7. The molecule has 0 saturated carbocycles. The molecule has 0 atom stereocenters. The van der Waals surface area contributed by atoms with Crippen molar-refractivity contribution in [2.24, 2.45) is 0 Å². The Morgan fingerprint density at radius 3 is 1.28 bits per heavy atom. The summed E-state index contributed by atoms with van der Waals surface area (Å²) in [6, 6.07) is 63.9. The molecule has 7 aromatic carbocycles. The zero-order valence-corrected chi connectivity index (χ0v) is 29.7. The van der Waals surface area contributed by atoms with Crippen molar-refractivity contribution in [3.63, 3.8) is 0 Å². The molecule has 0 spiro atoms. The number of benzene rings is 7. The van der Waals surface area contributed by atoms with Crippen molar-refractivity contribution in [1.29, 1.82) is 0 Å². The molecule has 0 saturated heterocycles. The average molecular weight is 696 g/mol. The van der Waals surface area contributed by atoms with Gasteiger partial charge in [-0.3, -0.25) is 0 Å². The molecule has 54 heavy (non-hydrogen) atoms. The lowest BCUT2D eigenvalue weighted by Crippen LogP contribution is -2.09. The molecule has 0 radical (unpaired) electrons. The summed E-state index contributed by atoms with van der Waals surface area (Å²) in [4.78, 5) is 2.29. The van der Waals surface area contributed by atoms with E-state index in [0.717, 1.165) is 57.7 Å². The summed E-state index contributed by atoms with van der Waals surface area (Å²) in [7, 11) is 0. The average Bonchev–Trinajstić information content (AvgIpc) is 3.76. The molecule has 0 N–H and O–H groups in total. The molecule has 4 heteroatoms. The second-order valence-electron chi connectivity index (χ2n) is 13.4. The Hall–Kier alpha value is -7.04. The van der Waals surface area contributed by atoms with Crippen molar-refractivity contribution in [2.75, 3.05) is 4.90 Å². The number of rotatable bonds is 9. The van der Waals surface area contributed by atoms with Crippen LogP contribution >= 0.6 is 0 Å². The number of hydrogen-bond acceptors (Lipinski definition) is 4. The first-order chi connectivity index (χ1) is 26.8. The molecule has 0 bridgehead atoms. The lowest BCUT2D eigenvalue weighted by atomic mass is 9.89. The van der Waals surface area contributed by atoms with Gasteiger partial charge in [0.25, 0.3) is 0 Å². The van der Waals surface area contributed by atoms with E-state index in [4.69, 9.17) is 4.42 Å². The fourth-order valence-corrected chi connectivity index (χ4v) is 7.25. The quantitative estimate of drug-likeness (QED) is 0.151. The summed E-state index contributed by atoms with van der Waals surface area (Å²) < 4.78 is 6.17. The summed E-state index contributed by atoms with van der Waals surface area (Å²) in [6.07, 6.45) is 8.67. The van der Waals surface area contributed by atoms with E-state index in [1.54, 1.807) is 0 Å². The van der Waals surface area contributed by atoms with Gasteiger partial charge in [0.05, 0.1) is 0 Å². The second-order valence-corrected chi connectivity index (χ2v) is 13.4. The van der Waals surface area contributed by atoms with Crippen LogP contribution < -0.4 is 4.90 Å². The van der Waals surface area contributed by atoms with Gasteiger partial charge in [-0.05, 0) is 118 Å². The molecule has 1 aliphatic carbocycles. The fourth-order valence-electron chi connectivity index (χ4n) is 7.25. The molecule has 1 aliphatic rings. The van der Waals surface area contributed by atoms with Gasteiger partial charge in [0.1, 0.15) is 0 Å². The van der Waals surface area contributed by atoms with Gasteiger partial charge in [0, 0.05) is 28.2 Å². The molecule has 4 nitrogen and oxygen atoms in total. The van der Waals surface area contributed by atoms with Crippen molar-refractivity contribution in [2.45, 2.75) is 12.8 Å². The van der Waals surface area contributed by atoms with Crippen LogP contribution in [-0.4, -0.2) is 10.2 Å². The SMILES string of the molecule is C1=CCCC(c2ccc(-c3nnc(-c4ccc(-c5ccccc5-c5ccccc5-c5ccc(N(c6ccccc6)c6ccccc6)cc5)cc4)o3)cc2)=C1. The fraction of sp³-hybridized carbons (Fsp3) is 0.0400. The van der Waals surface area contributed by atoms with Crippen LogP contribution in [0.4, 0.5) is 17.1 Å². The number of allylic oxidation sites excluding steroid dienone is 4. The van der Waals surface area contributed by atoms with E-state index in [-0.39, 0.29) is 0 Å². The summed E-state index contributed by atoms with van der Waals surface area (Å²) in [6.45, 7) is 0. The first kappa shape index (κ1) is 32.8. The molecule has 1 heterocycles. The van der Waals surface area contributed by atoms with Crippen LogP contribution in [0.5, 0.6) is 0 Å². The topological polar surface area (TPSA) is 42.2 Å². The van der Waals surface area contributed by atoms with Crippen LogP contribution in [0, 0.1) is 0 Å². The standard InChI is InChI=1S/C50H37N3O/c1-4-14-36(15-5-1)37-24-28-40(29-25-37)49-51-52-50(54-49)41-30-26-38(27-31-41)45-20-10-12-22-47(45)48-23-13-11-21-46(48)39-32-34-44(35-33-39)53(42-16-6-2-7-17-42)43-18-8-3-9-19-43/h1-4,6-14,16-35H,5,15H2. The molecule has 0 unspecified atom stereocenters. The van der Waals surface area contributed by atoms with Gasteiger partial charge in [-0.2, -0.15) is 0 Å². The minimum atomic E-state index is 0.501. The highest BCUT2D eigenvalue weighted by Crippen LogP contribution is 2.40. The molecular weight excluding hydrogens is 659 g/mol. The van der Waals surface area contributed by atoms with E-state index in [2.05, 4.69) is 215 Å². The van der Waals surface area contributed by atoms with Crippen LogP contribution in [0.25, 0.3) is 61.9 Å². The van der Waals surface area contributed by atoms with Gasteiger partial charge in [-0.1, -0.05) is 140 Å². The number of para-hydroxylation sites is 2. The molecular formula is C50H37N3O. The number of hydrogen-bond donors (Lipinski definition) is 0. The molecule has 258 valence electrons. The lowest BCUT2D eigenvalue weighted by Gasteiger charge is -2.25. The molecule has 8 aromatic rings. The van der Waals surface area contributed by atoms with Crippen molar-refractivity contribution in [3.8, 4) is 56.3 Å². The predicted octanol–water partition coefficient (Wildman–Crippen LogP) is 13.6. The zero-order chi connectivity index (χ0) is 36.1. The van der Waals surface area contributed by atoms with Gasteiger partial charge in [0.2, 0.25) is 11.8 Å². The normalized spacial score (nSPS) is 12.3. The minimum Gasteiger partial charge on any atom is -0.416 e. The lowest BCUT2D eigenvalue weighted by molar-refractivity contribution is 0.584. The Kier molecular flexibility index (Phi) is 9.06. The summed E-state index contributed by atoms with van der Waals surface area (Å²) >= 11 is 0. The number of anilines is 3. The Labute approximate surface area is 316 Å². The monoisotopic (exact) mass is 695 g/mol. The van der Waals surface area contributed by atoms with Crippen molar-refractivity contribution in [3.05, 3.63) is 206 Å². The Morgan fingerprint density at radius 2 is 0.796 bits per heavy atom. The maximum Gasteiger partial charge on any atom is 0.248 e. The van der Waals surface area contributed by atoms with Gasteiger partial charge in [-0.25, -0.2) is 0 Å². The van der Waals surface area contributed by atoms with E-state index in [1.807, 2.05) is 0 Å². The third-order valence-corrected chi connectivity index (χ3v) is 9.99. The number of aromatic nitrogens is 2. The van der Waals surface area contributed by atoms with Gasteiger partial charge < -0.3 is 9.32 Å². The minimum absolute atomic E-state index is 0.501. The smallest absolute Gasteiger partial charge is 0.248 e. The summed E-state index contributed by atoms with van der Waals surface area (Å²) in [5.41, 5.74) is 14.7. The number of nitrogens with zero attached hydrogens (tertiary/aromatic N) is 3. The van der Waals surface area contributed by atoms with Crippen LogP contribution in [0.2, 0.25) is 0 Å². The molecule has 1 aromatic heterocycles. The summed E-state index contributed by atoms with van der Waals surface area (Å²) in [5.74, 6) is 1.02. The molecule has 0 aliphatic heterocycles. The van der Waals surface area contributed by atoms with E-state index in [9.17, 15) is 0 Å². The van der Waals surface area contributed by atoms with Crippen molar-refractivity contribution >= 4 is 22.6 Å². The highest BCUT2D eigenvalue weighted by atomic mass is 16.4. The summed E-state index contributed by atoms with van der Waals surface area (Å²) in [5, 5.41) is 8.78. The molecule has 0 fully saturated rings. The van der Waals surface area contributed by atoms with E-state index in [0.29, 0.717) is 11.8 Å². The van der Waals surface area contributed by atoms with E-state index in [1.165, 1.54) is 27.8 Å². The maximum atomic E-state index is 6.17. The van der Waals surface area contributed by atoms with Crippen LogP contribution in [0.15, 0.2) is 205 Å². The molecule has 9 rings (SSSR count). The van der Waals surface area contributed by atoms with E-state index < -0.39 is 0 Å². The predicted molar refractivity (Wildman–Crippen MR) is 223 cm³/mol. The Balaban J connectivity index is 0.985. The Bertz CT molecular complexity index is 2530. The van der Waals surface area contributed by atoms with Crippen LogP contribution in [0.3, 0.4) is 0 Å². The van der Waals surface area contributed by atoms with Gasteiger partial charge in [0.15, 0.2) is 0 Å². The third kappa shape index (κ3) is 6.69. The van der Waals surface area contributed by atoms with Crippen LogP contribution in [0.1, 0.15) is 18.4 Å². The van der Waals surface area contributed by atoms with Crippen LogP contribution in [-0.2, 0) is 0 Å². The highest BCUT2D eigenvalue weighted by Gasteiger charge is 2.16. The van der Waals surface area contributed by atoms with Crippen molar-refractivity contribution < 1.29 is 4.42 Å². The highest BCUT2D eigenvalue weighted by molar-refractivity contribution is 5.92. The Morgan fingerprint density at radius 1 is 0.389 bits per heavy atom. The van der Waals surface area contributed by atoms with Gasteiger partial charge >= 0.3 is 0 Å². The first-order valence-electron chi connectivity index (χ1n) is 18.4. The molecule has 0 amide bonds. The van der Waals surface area contributed by atoms with E-state index >= 15 is 0 Å². The second kappa shape index (κ2) is 14.9. The first-order valence-corrected chi connectivity index (χ1v) is 18.4. The third-order valence-electron chi connectivity index (χ3n) is 9.99. The van der Waals surface area contributed by atoms with Gasteiger partial charge in [-0.15, -0.1) is 10.2 Å². The maximum absolute atomic E-state index is 6.17. The largest absolute Gasteiger partial charge is 0.416 e. The van der Waals surface area contributed by atoms with Crippen molar-refractivity contribution in [1.82, 2.24) is 10.2 Å².